The highest BCUT2D eigenvalue weighted by Gasteiger charge is 2.34. The molecule has 0 bridgehead atoms. The van der Waals surface area contributed by atoms with Crippen LogP contribution in [0.3, 0.4) is 0 Å². The number of carbonyl (C=O) groups is 1. The van der Waals surface area contributed by atoms with Gasteiger partial charge in [0.1, 0.15) is 22.7 Å². The van der Waals surface area contributed by atoms with Crippen LogP contribution < -0.4 is 19.9 Å². The predicted octanol–water partition coefficient (Wildman–Crippen LogP) is 5.61. The second-order valence-electron chi connectivity index (χ2n) is 8.58. The van der Waals surface area contributed by atoms with Crippen molar-refractivity contribution in [2.75, 3.05) is 48.4 Å². The number of halogens is 3. The average molecular weight is 528 g/mol. The van der Waals surface area contributed by atoms with Gasteiger partial charge in [-0.05, 0) is 36.8 Å². The van der Waals surface area contributed by atoms with E-state index in [9.17, 15) is 18.0 Å². The standard InChI is InChI=1S/C26H24F3N5O2S/c1-16-21-23(34-13-11-33(12-14-34)19-9-5-6-10-20(19)36-2)30-15-31-25(21)37-22(16)24(35)32-18-8-4-3-7-17(18)26(27,28)29/h3-10,15H,11-14H2,1-2H3,(H,32,35). The Balaban J connectivity index is 1.40. The fourth-order valence-corrected chi connectivity index (χ4v) is 5.62. The smallest absolute Gasteiger partial charge is 0.418 e. The molecule has 192 valence electrons. The third kappa shape index (κ3) is 4.78. The molecule has 4 aromatic rings. The van der Waals surface area contributed by atoms with Gasteiger partial charge in [0.25, 0.3) is 5.91 Å². The maximum Gasteiger partial charge on any atom is 0.418 e. The summed E-state index contributed by atoms with van der Waals surface area (Å²) in [6.45, 7) is 4.66. The van der Waals surface area contributed by atoms with E-state index in [0.717, 1.165) is 47.3 Å². The van der Waals surface area contributed by atoms with Crippen molar-refractivity contribution < 1.29 is 22.7 Å². The van der Waals surface area contributed by atoms with Crippen molar-refractivity contribution in [1.29, 1.82) is 0 Å². The number of piperazine rings is 1. The van der Waals surface area contributed by atoms with Gasteiger partial charge in [-0.15, -0.1) is 11.3 Å². The van der Waals surface area contributed by atoms with Gasteiger partial charge >= 0.3 is 6.18 Å². The van der Waals surface area contributed by atoms with Crippen LogP contribution in [0.5, 0.6) is 5.75 Å². The molecule has 0 unspecified atom stereocenters. The molecule has 1 saturated heterocycles. The number of rotatable bonds is 5. The molecule has 2 aromatic carbocycles. The Bertz CT molecular complexity index is 1450. The summed E-state index contributed by atoms with van der Waals surface area (Å²) >= 11 is 1.15. The molecule has 1 fully saturated rings. The van der Waals surface area contributed by atoms with Gasteiger partial charge in [-0.3, -0.25) is 4.79 Å². The third-order valence-electron chi connectivity index (χ3n) is 6.40. The zero-order chi connectivity index (χ0) is 26.2. The molecule has 0 saturated carbocycles. The van der Waals surface area contributed by atoms with Crippen LogP contribution in [0, 0.1) is 6.92 Å². The minimum Gasteiger partial charge on any atom is -0.495 e. The van der Waals surface area contributed by atoms with E-state index in [1.54, 1.807) is 14.0 Å². The highest BCUT2D eigenvalue weighted by molar-refractivity contribution is 7.20. The lowest BCUT2D eigenvalue weighted by Gasteiger charge is -2.37. The average Bonchev–Trinajstić information content (AvgIpc) is 3.25. The molecular weight excluding hydrogens is 503 g/mol. The first-order valence-electron chi connectivity index (χ1n) is 11.6. The number of hydrogen-bond donors (Lipinski definition) is 1. The Kier molecular flexibility index (Phi) is 6.63. The topological polar surface area (TPSA) is 70.6 Å². The minimum absolute atomic E-state index is 0.282. The molecule has 1 aliphatic rings. The number of hydrogen-bond acceptors (Lipinski definition) is 7. The lowest BCUT2D eigenvalue weighted by Crippen LogP contribution is -2.47. The van der Waals surface area contributed by atoms with Crippen LogP contribution in [-0.4, -0.2) is 49.2 Å². The maximum absolute atomic E-state index is 13.4. The van der Waals surface area contributed by atoms with E-state index in [4.69, 9.17) is 4.74 Å². The Morgan fingerprint density at radius 3 is 2.41 bits per heavy atom. The molecule has 0 aliphatic carbocycles. The summed E-state index contributed by atoms with van der Waals surface area (Å²) in [4.78, 5) is 27.3. The first-order chi connectivity index (χ1) is 17.8. The molecule has 2 aromatic heterocycles. The van der Waals surface area contributed by atoms with Crippen molar-refractivity contribution in [2.45, 2.75) is 13.1 Å². The van der Waals surface area contributed by atoms with Gasteiger partial charge in [0.05, 0.1) is 34.3 Å². The zero-order valence-corrected chi connectivity index (χ0v) is 21.0. The summed E-state index contributed by atoms with van der Waals surface area (Å²) in [6.07, 6.45) is -3.12. The number of aryl methyl sites for hydroxylation is 1. The summed E-state index contributed by atoms with van der Waals surface area (Å²) in [7, 11) is 1.65. The highest BCUT2D eigenvalue weighted by atomic mass is 32.1. The summed E-state index contributed by atoms with van der Waals surface area (Å²) in [6, 6.07) is 12.8. The summed E-state index contributed by atoms with van der Waals surface area (Å²) in [5.74, 6) is 0.925. The number of para-hydroxylation sites is 3. The third-order valence-corrected chi connectivity index (χ3v) is 7.60. The predicted molar refractivity (Wildman–Crippen MR) is 139 cm³/mol. The Morgan fingerprint density at radius 1 is 1.00 bits per heavy atom. The van der Waals surface area contributed by atoms with Crippen LogP contribution in [0.4, 0.5) is 30.4 Å². The van der Waals surface area contributed by atoms with Crippen molar-refractivity contribution in [3.05, 3.63) is 70.9 Å². The molecule has 37 heavy (non-hydrogen) atoms. The molecule has 0 spiro atoms. The van der Waals surface area contributed by atoms with E-state index in [0.29, 0.717) is 34.2 Å². The molecule has 1 aliphatic heterocycles. The fraction of sp³-hybridized carbons (Fsp3) is 0.269. The first kappa shape index (κ1) is 24.8. The number of nitrogens with zero attached hydrogens (tertiary/aromatic N) is 4. The van der Waals surface area contributed by atoms with E-state index in [1.807, 2.05) is 24.3 Å². The van der Waals surface area contributed by atoms with Crippen molar-refractivity contribution in [1.82, 2.24) is 9.97 Å². The molecule has 0 radical (unpaired) electrons. The zero-order valence-electron chi connectivity index (χ0n) is 20.2. The van der Waals surface area contributed by atoms with E-state index in [-0.39, 0.29) is 5.69 Å². The Labute approximate surface area is 215 Å². The number of methoxy groups -OCH3 is 1. The maximum atomic E-state index is 13.4. The van der Waals surface area contributed by atoms with Crippen molar-refractivity contribution in [2.24, 2.45) is 0 Å². The molecular formula is C26H24F3N5O2S. The molecule has 3 heterocycles. The molecule has 7 nitrogen and oxygen atoms in total. The van der Waals surface area contributed by atoms with Crippen LogP contribution in [0.1, 0.15) is 20.8 Å². The van der Waals surface area contributed by atoms with Gasteiger partial charge in [0, 0.05) is 26.2 Å². The van der Waals surface area contributed by atoms with Gasteiger partial charge in [0.15, 0.2) is 0 Å². The number of fused-ring (bicyclic) bond motifs is 1. The monoisotopic (exact) mass is 527 g/mol. The lowest BCUT2D eigenvalue weighted by atomic mass is 10.1. The molecule has 1 N–H and O–H groups in total. The number of benzene rings is 2. The molecule has 5 rings (SSSR count). The van der Waals surface area contributed by atoms with Gasteiger partial charge < -0.3 is 19.9 Å². The van der Waals surface area contributed by atoms with Gasteiger partial charge in [-0.2, -0.15) is 13.2 Å². The first-order valence-corrected chi connectivity index (χ1v) is 12.4. The number of alkyl halides is 3. The van der Waals surface area contributed by atoms with Crippen LogP contribution in [-0.2, 0) is 6.18 Å². The summed E-state index contributed by atoms with van der Waals surface area (Å²) < 4.78 is 45.7. The van der Waals surface area contributed by atoms with E-state index < -0.39 is 17.6 Å². The quantitative estimate of drug-likeness (QED) is 0.364. The van der Waals surface area contributed by atoms with Crippen molar-refractivity contribution in [3.63, 3.8) is 0 Å². The Morgan fingerprint density at radius 2 is 1.68 bits per heavy atom. The number of nitrogens with one attached hydrogen (secondary N) is 1. The number of ether oxygens (including phenoxy) is 1. The van der Waals surface area contributed by atoms with Gasteiger partial charge in [-0.25, -0.2) is 9.97 Å². The Hall–Kier alpha value is -3.86. The van der Waals surface area contributed by atoms with Crippen LogP contribution in [0.15, 0.2) is 54.9 Å². The molecule has 0 atom stereocenters. The van der Waals surface area contributed by atoms with E-state index >= 15 is 0 Å². The fourth-order valence-electron chi connectivity index (χ4n) is 4.58. The highest BCUT2D eigenvalue weighted by Crippen LogP contribution is 2.38. The number of amides is 1. The minimum atomic E-state index is -4.58. The summed E-state index contributed by atoms with van der Waals surface area (Å²) in [5, 5.41) is 3.18. The van der Waals surface area contributed by atoms with Crippen LogP contribution in [0.2, 0.25) is 0 Å². The second-order valence-corrected chi connectivity index (χ2v) is 9.58. The van der Waals surface area contributed by atoms with E-state index in [1.165, 1.54) is 24.5 Å². The number of aromatic nitrogens is 2. The van der Waals surface area contributed by atoms with Gasteiger partial charge in [0.2, 0.25) is 0 Å². The SMILES string of the molecule is COc1ccccc1N1CCN(c2ncnc3sc(C(=O)Nc4ccccc4C(F)(F)F)c(C)c23)CC1. The van der Waals surface area contributed by atoms with Crippen molar-refractivity contribution in [3.8, 4) is 5.75 Å². The van der Waals surface area contributed by atoms with Crippen LogP contribution >= 0.6 is 11.3 Å². The van der Waals surface area contributed by atoms with Crippen LogP contribution in [0.25, 0.3) is 10.2 Å². The van der Waals surface area contributed by atoms with Crippen molar-refractivity contribution >= 4 is 44.7 Å². The second kappa shape index (κ2) is 9.89. The largest absolute Gasteiger partial charge is 0.495 e. The molecule has 1 amide bonds. The number of carbonyl (C=O) groups excluding carboxylic acids is 1. The lowest BCUT2D eigenvalue weighted by molar-refractivity contribution is -0.136. The molecule has 11 heteroatoms. The van der Waals surface area contributed by atoms with Gasteiger partial charge in [-0.1, -0.05) is 24.3 Å². The normalized spacial score (nSPS) is 14.2. The summed E-state index contributed by atoms with van der Waals surface area (Å²) in [5.41, 5.74) is 0.498. The van der Waals surface area contributed by atoms with E-state index in [2.05, 4.69) is 25.1 Å². The number of thiophene rings is 1. The number of anilines is 3.